The smallest absolute Gasteiger partial charge is 0.167 e. The van der Waals surface area contributed by atoms with E-state index < -0.39 is 0 Å². The number of carbonyl (C=O) groups is 1. The number of likely N-dealkylation sites (tertiary alicyclic amines) is 1. The zero-order valence-electron chi connectivity index (χ0n) is 16.0. The molecule has 0 radical (unpaired) electrons. The van der Waals surface area contributed by atoms with Crippen LogP contribution in [0.2, 0.25) is 0 Å². The lowest BCUT2D eigenvalue weighted by atomic mass is 10.0. The minimum atomic E-state index is 0.231. The number of nitriles is 1. The largest absolute Gasteiger partial charge is 0.456 e. The monoisotopic (exact) mass is 361 g/mol. The summed E-state index contributed by atoms with van der Waals surface area (Å²) in [5.41, 5.74) is 4.54. The summed E-state index contributed by atoms with van der Waals surface area (Å²) in [6.07, 6.45) is 4.68. The second kappa shape index (κ2) is 6.71. The minimum absolute atomic E-state index is 0.231. The van der Waals surface area contributed by atoms with Crippen molar-refractivity contribution >= 4 is 17.3 Å². The second-order valence-electron chi connectivity index (χ2n) is 7.53. The maximum atomic E-state index is 11.8. The summed E-state index contributed by atoms with van der Waals surface area (Å²) < 4.78 is 8.10. The van der Waals surface area contributed by atoms with Crippen LogP contribution in [0.4, 0.5) is 0 Å². The number of nitrogens with zero attached hydrogens (tertiary/aromatic N) is 3. The van der Waals surface area contributed by atoms with E-state index in [2.05, 4.69) is 24.1 Å². The summed E-state index contributed by atoms with van der Waals surface area (Å²) in [5.74, 6) is 0.682. The van der Waals surface area contributed by atoms with Crippen LogP contribution in [0.15, 0.2) is 28.8 Å². The van der Waals surface area contributed by atoms with E-state index in [-0.39, 0.29) is 6.04 Å². The zero-order valence-corrected chi connectivity index (χ0v) is 16.0. The first-order valence-electron chi connectivity index (χ1n) is 9.32. The Morgan fingerprint density at radius 3 is 2.67 bits per heavy atom. The van der Waals surface area contributed by atoms with Gasteiger partial charge in [0.15, 0.2) is 6.29 Å². The van der Waals surface area contributed by atoms with Gasteiger partial charge in [0.05, 0.1) is 11.1 Å². The molecule has 3 heterocycles. The van der Waals surface area contributed by atoms with Crippen LogP contribution in [0, 0.1) is 25.2 Å². The Kier molecular flexibility index (Phi) is 4.37. The van der Waals surface area contributed by atoms with Crippen molar-refractivity contribution in [2.24, 2.45) is 0 Å². The SMILES string of the molecule is Cc1ccc2oc(-c3cn(C4CCN(C)CC4)c(C=O)c3C#N)c(C)c2c1. The van der Waals surface area contributed by atoms with Gasteiger partial charge in [-0.2, -0.15) is 5.26 Å². The normalized spacial score (nSPS) is 15.9. The number of hydrogen-bond acceptors (Lipinski definition) is 4. The Bertz CT molecular complexity index is 1060. The van der Waals surface area contributed by atoms with E-state index in [4.69, 9.17) is 4.42 Å². The van der Waals surface area contributed by atoms with Crippen LogP contribution in [0.5, 0.6) is 0 Å². The van der Waals surface area contributed by atoms with Crippen molar-refractivity contribution in [3.05, 3.63) is 46.8 Å². The molecule has 0 aliphatic carbocycles. The number of hydrogen-bond donors (Lipinski definition) is 0. The van der Waals surface area contributed by atoms with Gasteiger partial charge in [0.2, 0.25) is 0 Å². The minimum Gasteiger partial charge on any atom is -0.456 e. The maximum absolute atomic E-state index is 11.8. The molecule has 5 heteroatoms. The fraction of sp³-hybridized carbons (Fsp3) is 0.364. The molecule has 0 atom stereocenters. The Balaban J connectivity index is 1.88. The first-order valence-corrected chi connectivity index (χ1v) is 9.32. The third-order valence-corrected chi connectivity index (χ3v) is 5.71. The van der Waals surface area contributed by atoms with E-state index in [0.29, 0.717) is 22.6 Å². The van der Waals surface area contributed by atoms with Crippen molar-refractivity contribution in [1.82, 2.24) is 9.47 Å². The lowest BCUT2D eigenvalue weighted by Gasteiger charge is -2.30. The second-order valence-corrected chi connectivity index (χ2v) is 7.53. The van der Waals surface area contributed by atoms with E-state index in [1.807, 2.05) is 36.7 Å². The maximum Gasteiger partial charge on any atom is 0.167 e. The molecule has 5 nitrogen and oxygen atoms in total. The standard InChI is InChI=1S/C22H23N3O2/c1-14-4-5-21-17(10-14)15(2)22(27-21)19-12-25(20(13-26)18(19)11-23)16-6-8-24(3)9-7-16/h4-5,10,12-13,16H,6-9H2,1-3H3. The fourth-order valence-corrected chi connectivity index (χ4v) is 4.12. The van der Waals surface area contributed by atoms with Crippen molar-refractivity contribution in [2.75, 3.05) is 20.1 Å². The molecule has 27 heavy (non-hydrogen) atoms. The molecule has 0 unspecified atom stereocenters. The highest BCUT2D eigenvalue weighted by molar-refractivity contribution is 5.91. The summed E-state index contributed by atoms with van der Waals surface area (Å²) in [6.45, 7) is 6.03. The van der Waals surface area contributed by atoms with Gasteiger partial charge in [-0.3, -0.25) is 4.79 Å². The molecule has 1 aliphatic rings. The highest BCUT2D eigenvalue weighted by atomic mass is 16.3. The number of aromatic nitrogens is 1. The Morgan fingerprint density at radius 1 is 1.26 bits per heavy atom. The average molecular weight is 361 g/mol. The van der Waals surface area contributed by atoms with Crippen molar-refractivity contribution in [2.45, 2.75) is 32.7 Å². The highest BCUT2D eigenvalue weighted by Crippen LogP contribution is 2.38. The van der Waals surface area contributed by atoms with Gasteiger partial charge in [-0.05, 0) is 59.0 Å². The van der Waals surface area contributed by atoms with Gasteiger partial charge >= 0.3 is 0 Å². The molecule has 2 aromatic heterocycles. The van der Waals surface area contributed by atoms with Crippen molar-refractivity contribution < 1.29 is 9.21 Å². The molecule has 1 aromatic carbocycles. The third kappa shape index (κ3) is 2.87. The summed E-state index contributed by atoms with van der Waals surface area (Å²) >= 11 is 0. The summed E-state index contributed by atoms with van der Waals surface area (Å²) in [5, 5.41) is 10.8. The average Bonchev–Trinajstić information content (AvgIpc) is 3.20. The predicted molar refractivity (Wildman–Crippen MR) is 105 cm³/mol. The first-order chi connectivity index (χ1) is 13.0. The topological polar surface area (TPSA) is 62.2 Å². The molecule has 0 bridgehead atoms. The van der Waals surface area contributed by atoms with Crippen LogP contribution in [-0.4, -0.2) is 35.9 Å². The van der Waals surface area contributed by atoms with Crippen LogP contribution in [0.3, 0.4) is 0 Å². The number of rotatable bonds is 3. The third-order valence-electron chi connectivity index (χ3n) is 5.71. The van der Waals surface area contributed by atoms with Gasteiger partial charge in [-0.25, -0.2) is 0 Å². The van der Waals surface area contributed by atoms with E-state index >= 15 is 0 Å². The van der Waals surface area contributed by atoms with Gasteiger partial charge in [0.1, 0.15) is 23.1 Å². The highest BCUT2D eigenvalue weighted by Gasteiger charge is 2.27. The molecule has 1 aliphatic heterocycles. The van der Waals surface area contributed by atoms with Gasteiger partial charge < -0.3 is 13.9 Å². The van der Waals surface area contributed by atoms with Gasteiger partial charge in [-0.1, -0.05) is 11.6 Å². The Morgan fingerprint density at radius 2 is 2.00 bits per heavy atom. The summed E-state index contributed by atoms with van der Waals surface area (Å²) in [4.78, 5) is 14.1. The van der Waals surface area contributed by atoms with Crippen molar-refractivity contribution in [3.8, 4) is 17.4 Å². The quantitative estimate of drug-likeness (QED) is 0.646. The van der Waals surface area contributed by atoms with E-state index in [1.54, 1.807) is 0 Å². The summed E-state index contributed by atoms with van der Waals surface area (Å²) in [7, 11) is 2.11. The predicted octanol–water partition coefficient (Wildman–Crippen LogP) is 4.47. The number of furan rings is 1. The van der Waals surface area contributed by atoms with Crippen LogP contribution >= 0.6 is 0 Å². The number of aryl methyl sites for hydroxylation is 2. The number of benzene rings is 1. The van der Waals surface area contributed by atoms with Crippen LogP contribution in [0.1, 0.15) is 46.1 Å². The van der Waals surface area contributed by atoms with E-state index in [1.165, 1.54) is 0 Å². The lowest BCUT2D eigenvalue weighted by molar-refractivity contribution is 0.111. The van der Waals surface area contributed by atoms with Gasteiger partial charge in [0.25, 0.3) is 0 Å². The molecular formula is C22H23N3O2. The zero-order chi connectivity index (χ0) is 19.1. The number of carbonyl (C=O) groups excluding carboxylic acids is 1. The number of aldehydes is 1. The van der Waals surface area contributed by atoms with Crippen LogP contribution in [0.25, 0.3) is 22.3 Å². The Labute approximate surface area is 158 Å². The first kappa shape index (κ1) is 17.6. The molecule has 1 fully saturated rings. The Hall–Kier alpha value is -2.84. The summed E-state index contributed by atoms with van der Waals surface area (Å²) in [6, 6.07) is 8.54. The molecule has 0 spiro atoms. The molecule has 138 valence electrons. The molecule has 0 amide bonds. The molecule has 1 saturated heterocycles. The van der Waals surface area contributed by atoms with Crippen molar-refractivity contribution in [3.63, 3.8) is 0 Å². The van der Waals surface area contributed by atoms with Crippen molar-refractivity contribution in [1.29, 1.82) is 5.26 Å². The van der Waals surface area contributed by atoms with Gasteiger partial charge in [-0.15, -0.1) is 0 Å². The number of fused-ring (bicyclic) bond motifs is 1. The molecular weight excluding hydrogens is 338 g/mol. The number of piperidine rings is 1. The molecule has 0 N–H and O–H groups in total. The van der Waals surface area contributed by atoms with Crippen LogP contribution in [-0.2, 0) is 0 Å². The molecule has 4 rings (SSSR count). The lowest BCUT2D eigenvalue weighted by Crippen LogP contribution is -2.31. The van der Waals surface area contributed by atoms with Gasteiger partial charge in [0, 0.05) is 23.2 Å². The molecule has 3 aromatic rings. The molecule has 0 saturated carbocycles. The fourth-order valence-electron chi connectivity index (χ4n) is 4.12. The van der Waals surface area contributed by atoms with E-state index in [9.17, 15) is 10.1 Å². The van der Waals surface area contributed by atoms with E-state index in [0.717, 1.165) is 54.3 Å². The van der Waals surface area contributed by atoms with Crippen LogP contribution < -0.4 is 0 Å².